The average Bonchev–Trinajstić information content (AvgIpc) is 2.89. The molecule has 0 unspecified atom stereocenters. The molecule has 1 aromatic carbocycles. The summed E-state index contributed by atoms with van der Waals surface area (Å²) in [5.41, 5.74) is 0.588. The molecule has 2 aromatic rings. The normalized spacial score (nSPS) is 13.5. The van der Waals surface area contributed by atoms with Crippen LogP contribution in [0, 0.1) is 5.82 Å². The van der Waals surface area contributed by atoms with Crippen LogP contribution in [0.1, 0.15) is 66.4 Å². The van der Waals surface area contributed by atoms with Gasteiger partial charge in [-0.1, -0.05) is 18.0 Å². The van der Waals surface area contributed by atoms with Crippen LogP contribution < -0.4 is 24.6 Å². The summed E-state index contributed by atoms with van der Waals surface area (Å²) < 4.78 is 26.2. The van der Waals surface area contributed by atoms with Gasteiger partial charge in [-0.25, -0.2) is 14.2 Å². The van der Waals surface area contributed by atoms with Crippen molar-refractivity contribution in [3.05, 3.63) is 28.7 Å². The molecule has 1 aliphatic heterocycles. The molecule has 0 atom stereocenters. The first kappa shape index (κ1) is 30.7. The van der Waals surface area contributed by atoms with Crippen molar-refractivity contribution in [2.75, 3.05) is 48.5 Å². The van der Waals surface area contributed by atoms with Gasteiger partial charge < -0.3 is 14.8 Å². The zero-order chi connectivity index (χ0) is 28.7. The van der Waals surface area contributed by atoms with Crippen LogP contribution in [-0.2, 0) is 6.54 Å². The van der Waals surface area contributed by atoms with E-state index in [1.807, 2.05) is 6.92 Å². The van der Waals surface area contributed by atoms with Crippen molar-refractivity contribution in [2.24, 2.45) is 0 Å². The van der Waals surface area contributed by atoms with Crippen LogP contribution in [-0.4, -0.2) is 66.3 Å². The Balaban J connectivity index is 1.73. The molecule has 1 N–H and O–H groups in total. The molecular formula is C28H42ClFN6O3. The van der Waals surface area contributed by atoms with Crippen LogP contribution in [0.2, 0.25) is 5.02 Å². The fourth-order valence-electron chi connectivity index (χ4n) is 4.89. The molecule has 1 aromatic heterocycles. The van der Waals surface area contributed by atoms with Gasteiger partial charge in [0.05, 0.1) is 20.3 Å². The topological polar surface area (TPSA) is 83.1 Å². The van der Waals surface area contributed by atoms with E-state index in [2.05, 4.69) is 47.9 Å². The van der Waals surface area contributed by atoms with Gasteiger partial charge in [0.15, 0.2) is 11.6 Å². The third-order valence-electron chi connectivity index (χ3n) is 6.81. The van der Waals surface area contributed by atoms with Crippen LogP contribution >= 0.6 is 11.6 Å². The van der Waals surface area contributed by atoms with Crippen LogP contribution in [0.4, 0.5) is 26.6 Å². The van der Waals surface area contributed by atoms with E-state index in [1.54, 1.807) is 13.1 Å². The highest BCUT2D eigenvalue weighted by Gasteiger charge is 2.36. The Kier molecular flexibility index (Phi) is 11.0. The fraction of sp³-hybridized carbons (Fsp3) is 0.607. The Morgan fingerprint density at radius 3 is 2.49 bits per heavy atom. The Hall–Kier alpha value is -2.85. The Morgan fingerprint density at radius 1 is 1.15 bits per heavy atom. The van der Waals surface area contributed by atoms with Gasteiger partial charge in [-0.3, -0.25) is 14.7 Å². The second kappa shape index (κ2) is 14.0. The first-order chi connectivity index (χ1) is 18.6. The van der Waals surface area contributed by atoms with Crippen molar-refractivity contribution in [3.63, 3.8) is 0 Å². The molecule has 0 saturated carbocycles. The number of hydrogen-bond donors (Lipinski definition) is 1. The first-order valence-electron chi connectivity index (χ1n) is 13.8. The number of hydrogen-bond acceptors (Lipinski definition) is 7. The quantitative estimate of drug-likeness (QED) is 0.268. The van der Waals surface area contributed by atoms with Gasteiger partial charge in [0.2, 0.25) is 5.95 Å². The van der Waals surface area contributed by atoms with E-state index in [0.717, 1.165) is 32.4 Å². The van der Waals surface area contributed by atoms with Gasteiger partial charge in [-0.2, -0.15) is 4.98 Å². The molecule has 0 fully saturated rings. The number of nitrogens with zero attached hydrogens (tertiary/aromatic N) is 5. The van der Waals surface area contributed by atoms with Gasteiger partial charge in [0.1, 0.15) is 22.3 Å². The molecule has 1 aliphatic rings. The predicted molar refractivity (Wildman–Crippen MR) is 155 cm³/mol. The standard InChI is InChI=1S/C28H42ClFN6O3/c1-8-34-26-20(16-32-27(33-26)31-13-11-10-12-14-35(18(3)4)19(5)6)17-36(28(34)37)25-23(29)21(39-9-2)15-22(38-7)24(25)30/h15-16,18-19H,8-14,17H2,1-7H3,(H,31,32,33). The fourth-order valence-corrected chi connectivity index (χ4v) is 5.19. The minimum atomic E-state index is -0.733. The molecule has 0 spiro atoms. The minimum Gasteiger partial charge on any atom is -0.493 e. The molecule has 9 nitrogen and oxygen atoms in total. The number of nitrogens with one attached hydrogen (secondary N) is 1. The number of halogens is 2. The molecule has 2 amide bonds. The van der Waals surface area contributed by atoms with Gasteiger partial charge in [-0.15, -0.1) is 0 Å². The summed E-state index contributed by atoms with van der Waals surface area (Å²) in [6.07, 6.45) is 4.89. The summed E-state index contributed by atoms with van der Waals surface area (Å²) >= 11 is 6.53. The maximum atomic E-state index is 15.4. The number of benzene rings is 1. The lowest BCUT2D eigenvalue weighted by atomic mass is 10.1. The van der Waals surface area contributed by atoms with E-state index >= 15 is 4.39 Å². The summed E-state index contributed by atoms with van der Waals surface area (Å²) in [6, 6.07) is 2.02. The Labute approximate surface area is 236 Å². The second-order valence-corrected chi connectivity index (χ2v) is 10.4. The van der Waals surface area contributed by atoms with Gasteiger partial charge in [-0.05, 0) is 60.9 Å². The smallest absolute Gasteiger partial charge is 0.330 e. The highest BCUT2D eigenvalue weighted by molar-refractivity contribution is 6.35. The number of rotatable bonds is 14. The Bertz CT molecular complexity index is 1120. The largest absolute Gasteiger partial charge is 0.493 e. The van der Waals surface area contributed by atoms with E-state index in [-0.39, 0.29) is 28.8 Å². The number of amides is 2. The molecule has 0 radical (unpaired) electrons. The van der Waals surface area contributed by atoms with Gasteiger partial charge >= 0.3 is 6.03 Å². The van der Waals surface area contributed by atoms with Crippen molar-refractivity contribution >= 4 is 35.1 Å². The van der Waals surface area contributed by atoms with Crippen molar-refractivity contribution in [3.8, 4) is 11.5 Å². The monoisotopic (exact) mass is 564 g/mol. The number of aromatic nitrogens is 2. The summed E-state index contributed by atoms with van der Waals surface area (Å²) in [5, 5.41) is 3.29. The third kappa shape index (κ3) is 7.03. The SMILES string of the molecule is CCOc1cc(OC)c(F)c(N2Cc3cnc(NCCCCCN(C(C)C)C(C)C)nc3N(CC)C2=O)c1Cl. The number of carbonyl (C=O) groups excluding carboxylic acids is 1. The maximum Gasteiger partial charge on any atom is 0.330 e. The van der Waals surface area contributed by atoms with E-state index in [1.165, 1.54) is 23.0 Å². The minimum absolute atomic E-state index is 0.00659. The van der Waals surface area contributed by atoms with Crippen molar-refractivity contribution in [1.29, 1.82) is 0 Å². The molecule has 39 heavy (non-hydrogen) atoms. The maximum absolute atomic E-state index is 15.4. The zero-order valence-corrected chi connectivity index (χ0v) is 24.9. The van der Waals surface area contributed by atoms with E-state index in [0.29, 0.717) is 42.6 Å². The lowest BCUT2D eigenvalue weighted by Crippen LogP contribution is -2.48. The van der Waals surface area contributed by atoms with Crippen molar-refractivity contribution < 1.29 is 18.7 Å². The molecule has 0 aliphatic carbocycles. The van der Waals surface area contributed by atoms with Crippen LogP contribution in [0.25, 0.3) is 0 Å². The summed E-state index contributed by atoms with van der Waals surface area (Å²) in [5.74, 6) is 0.416. The van der Waals surface area contributed by atoms with Crippen LogP contribution in [0.5, 0.6) is 11.5 Å². The lowest BCUT2D eigenvalue weighted by Gasteiger charge is -2.36. The van der Waals surface area contributed by atoms with Crippen molar-refractivity contribution in [2.45, 2.75) is 79.4 Å². The molecule has 2 heterocycles. The highest BCUT2D eigenvalue weighted by Crippen LogP contribution is 2.44. The second-order valence-electron chi connectivity index (χ2n) is 10.1. The molecule has 0 bridgehead atoms. The zero-order valence-electron chi connectivity index (χ0n) is 24.2. The average molecular weight is 565 g/mol. The van der Waals surface area contributed by atoms with Gasteiger partial charge in [0.25, 0.3) is 0 Å². The summed E-state index contributed by atoms with van der Waals surface area (Å²) in [6.45, 7) is 15.1. The number of methoxy groups -OCH3 is 1. The number of unbranched alkanes of at least 4 members (excludes halogenated alkanes) is 2. The molecule has 11 heteroatoms. The van der Waals surface area contributed by atoms with E-state index in [4.69, 9.17) is 21.1 Å². The lowest BCUT2D eigenvalue weighted by molar-refractivity contribution is 0.171. The van der Waals surface area contributed by atoms with Crippen LogP contribution in [0.15, 0.2) is 12.3 Å². The molecular weight excluding hydrogens is 523 g/mol. The number of fused-ring (bicyclic) bond motifs is 1. The molecule has 216 valence electrons. The molecule has 0 saturated heterocycles. The number of urea groups is 1. The number of ether oxygens (including phenoxy) is 2. The van der Waals surface area contributed by atoms with Gasteiger partial charge in [0, 0.05) is 43.0 Å². The molecule has 3 rings (SSSR count). The van der Waals surface area contributed by atoms with E-state index in [9.17, 15) is 4.79 Å². The first-order valence-corrected chi connectivity index (χ1v) is 14.2. The van der Waals surface area contributed by atoms with E-state index < -0.39 is 11.8 Å². The number of anilines is 3. The third-order valence-corrected chi connectivity index (χ3v) is 7.17. The van der Waals surface area contributed by atoms with Crippen molar-refractivity contribution in [1.82, 2.24) is 14.9 Å². The Morgan fingerprint density at radius 2 is 1.87 bits per heavy atom. The highest BCUT2D eigenvalue weighted by atomic mass is 35.5. The number of carbonyl (C=O) groups is 1. The predicted octanol–water partition coefficient (Wildman–Crippen LogP) is 6.34. The van der Waals surface area contributed by atoms with Crippen LogP contribution in [0.3, 0.4) is 0 Å². The summed E-state index contributed by atoms with van der Waals surface area (Å²) in [7, 11) is 1.35. The summed E-state index contributed by atoms with van der Waals surface area (Å²) in [4.78, 5) is 27.9.